The number of carbonyl (C=O) groups is 1. The third-order valence-electron chi connectivity index (χ3n) is 8.15. The fraction of sp³-hybridized carbons (Fsp3) is 0.654. The molecule has 180 valence electrons. The number of hydrogen-bond acceptors (Lipinski definition) is 4. The van der Waals surface area contributed by atoms with Crippen molar-refractivity contribution in [2.24, 2.45) is 13.0 Å². The topological polar surface area (TPSA) is 70.0 Å². The quantitative estimate of drug-likeness (QED) is 0.702. The Morgan fingerprint density at radius 2 is 2.00 bits per heavy atom. The van der Waals surface area contributed by atoms with E-state index in [9.17, 15) is 9.90 Å². The van der Waals surface area contributed by atoms with E-state index >= 15 is 0 Å². The maximum Gasteiger partial charge on any atom is 0.318 e. The van der Waals surface area contributed by atoms with Gasteiger partial charge in [-0.3, -0.25) is 0 Å². The van der Waals surface area contributed by atoms with Crippen LogP contribution in [0.1, 0.15) is 56.3 Å². The summed E-state index contributed by atoms with van der Waals surface area (Å²) in [7, 11) is 3.74. The third kappa shape index (κ3) is 3.69. The van der Waals surface area contributed by atoms with Crippen molar-refractivity contribution in [1.29, 1.82) is 0 Å². The number of aryl methyl sites for hydroxylation is 1. The van der Waals surface area contributed by atoms with Gasteiger partial charge >= 0.3 is 6.03 Å². The number of hydrogen-bond donors (Lipinski definition) is 2. The third-order valence-corrected chi connectivity index (χ3v) is 8.15. The van der Waals surface area contributed by atoms with Crippen molar-refractivity contribution in [3.05, 3.63) is 29.5 Å². The van der Waals surface area contributed by atoms with E-state index in [2.05, 4.69) is 40.9 Å². The fourth-order valence-electron chi connectivity index (χ4n) is 6.66. The van der Waals surface area contributed by atoms with Crippen molar-refractivity contribution < 1.29 is 14.6 Å². The molecule has 1 aromatic heterocycles. The number of likely N-dealkylation sites (tertiary alicyclic amines) is 1. The van der Waals surface area contributed by atoms with Crippen molar-refractivity contribution in [3.63, 3.8) is 0 Å². The van der Waals surface area contributed by atoms with E-state index in [1.165, 1.54) is 43.2 Å². The second-order valence-electron chi connectivity index (χ2n) is 10.4. The summed E-state index contributed by atoms with van der Waals surface area (Å²) in [4.78, 5) is 17.7. The van der Waals surface area contributed by atoms with Crippen molar-refractivity contribution in [2.45, 2.75) is 50.5 Å². The Bertz CT molecular complexity index is 1020. The molecule has 1 saturated carbocycles. The molecule has 5 rings (SSSR count). The summed E-state index contributed by atoms with van der Waals surface area (Å²) < 4.78 is 7.68. The largest absolute Gasteiger partial charge is 0.497 e. The SMILES string of the molecule is CCCNC(=O)N1CC2(CN(CC3CCCC3)C2)c2c(n(C)c3cc(OC)ccc23)[C@H]1CO. The highest BCUT2D eigenvalue weighted by Crippen LogP contribution is 2.50. The van der Waals surface area contributed by atoms with E-state index < -0.39 is 0 Å². The number of urea groups is 1. The number of rotatable bonds is 6. The molecule has 7 heteroatoms. The molecule has 1 aliphatic carbocycles. The first-order valence-electron chi connectivity index (χ1n) is 12.6. The van der Waals surface area contributed by atoms with Crippen LogP contribution in [0.2, 0.25) is 0 Å². The summed E-state index contributed by atoms with van der Waals surface area (Å²) in [5, 5.41) is 14.7. The maximum atomic E-state index is 13.2. The molecule has 3 heterocycles. The number of carbonyl (C=O) groups excluding carboxylic acids is 1. The van der Waals surface area contributed by atoms with Crippen LogP contribution in [0, 0.1) is 5.92 Å². The van der Waals surface area contributed by atoms with Gasteiger partial charge in [0.1, 0.15) is 5.75 Å². The molecule has 0 bridgehead atoms. The van der Waals surface area contributed by atoms with Gasteiger partial charge in [-0.05, 0) is 42.9 Å². The molecular formula is C26H38N4O3. The smallest absolute Gasteiger partial charge is 0.318 e. The van der Waals surface area contributed by atoms with E-state index in [0.717, 1.165) is 42.4 Å². The van der Waals surface area contributed by atoms with Crippen LogP contribution in [0.25, 0.3) is 10.9 Å². The van der Waals surface area contributed by atoms with Crippen LogP contribution in [0.4, 0.5) is 4.79 Å². The van der Waals surface area contributed by atoms with Crippen molar-refractivity contribution in [1.82, 2.24) is 19.7 Å². The molecule has 3 aliphatic rings. The summed E-state index contributed by atoms with van der Waals surface area (Å²) in [5.41, 5.74) is 3.39. The molecule has 2 N–H and O–H groups in total. The Balaban J connectivity index is 1.56. The number of nitrogens with zero attached hydrogens (tertiary/aromatic N) is 3. The number of amides is 2. The van der Waals surface area contributed by atoms with Crippen LogP contribution in [-0.4, -0.2) is 71.9 Å². The number of benzene rings is 1. The monoisotopic (exact) mass is 454 g/mol. The van der Waals surface area contributed by atoms with Crippen molar-refractivity contribution in [2.75, 3.05) is 46.4 Å². The van der Waals surface area contributed by atoms with Gasteiger partial charge in [-0.15, -0.1) is 0 Å². The van der Waals surface area contributed by atoms with Crippen LogP contribution in [0.5, 0.6) is 5.75 Å². The molecule has 2 aromatic rings. The Labute approximate surface area is 196 Å². The zero-order valence-electron chi connectivity index (χ0n) is 20.3. The number of nitrogens with one attached hydrogen (secondary N) is 1. The predicted molar refractivity (Wildman–Crippen MR) is 130 cm³/mol. The molecule has 33 heavy (non-hydrogen) atoms. The molecule has 1 spiro atoms. The Morgan fingerprint density at radius 3 is 2.67 bits per heavy atom. The number of aliphatic hydroxyl groups is 1. The first-order valence-corrected chi connectivity index (χ1v) is 12.6. The molecule has 0 unspecified atom stereocenters. The Kier molecular flexibility index (Phi) is 6.04. The molecular weight excluding hydrogens is 416 g/mol. The molecule has 2 aliphatic heterocycles. The van der Waals surface area contributed by atoms with Gasteiger partial charge in [-0.1, -0.05) is 19.8 Å². The minimum absolute atomic E-state index is 0.0713. The Morgan fingerprint density at radius 1 is 1.24 bits per heavy atom. The van der Waals surface area contributed by atoms with E-state index in [1.54, 1.807) is 7.11 Å². The first kappa shape index (κ1) is 22.5. The number of ether oxygens (including phenoxy) is 1. The van der Waals surface area contributed by atoms with Crippen LogP contribution in [0.15, 0.2) is 18.2 Å². The van der Waals surface area contributed by atoms with E-state index in [-0.39, 0.29) is 24.1 Å². The molecule has 2 fully saturated rings. The molecule has 2 amide bonds. The maximum absolute atomic E-state index is 13.2. The minimum atomic E-state index is -0.352. The molecule has 7 nitrogen and oxygen atoms in total. The van der Waals surface area contributed by atoms with Crippen molar-refractivity contribution >= 4 is 16.9 Å². The number of fused-ring (bicyclic) bond motifs is 4. The van der Waals surface area contributed by atoms with Gasteiger partial charge in [0.05, 0.1) is 25.3 Å². The van der Waals surface area contributed by atoms with Crippen LogP contribution < -0.4 is 10.1 Å². The standard InChI is InChI=1S/C26H38N4O3/c1-4-11-27-25(32)30-17-26(15-29(16-26)13-18-7-5-6-8-18)23-20-10-9-19(33-3)12-21(20)28(2)24(23)22(30)14-31/h9-10,12,18,22,31H,4-8,11,13-17H2,1-3H3,(H,27,32)/t22-/m1/s1. The zero-order valence-corrected chi connectivity index (χ0v) is 20.3. The van der Waals surface area contributed by atoms with E-state index in [1.807, 2.05) is 11.0 Å². The average Bonchev–Trinajstić information content (AvgIpc) is 3.42. The molecule has 1 saturated heterocycles. The second kappa shape index (κ2) is 8.84. The number of aromatic nitrogens is 1. The average molecular weight is 455 g/mol. The van der Waals surface area contributed by atoms with Crippen molar-refractivity contribution in [3.8, 4) is 5.75 Å². The fourth-order valence-corrected chi connectivity index (χ4v) is 6.66. The Hall–Kier alpha value is -2.25. The van der Waals surface area contributed by atoms with Gasteiger partial charge in [0.25, 0.3) is 0 Å². The minimum Gasteiger partial charge on any atom is -0.497 e. The number of methoxy groups -OCH3 is 1. The highest BCUT2D eigenvalue weighted by molar-refractivity contribution is 5.89. The second-order valence-corrected chi connectivity index (χ2v) is 10.4. The van der Waals surface area contributed by atoms with Crippen LogP contribution in [0.3, 0.4) is 0 Å². The molecule has 1 atom stereocenters. The highest BCUT2D eigenvalue weighted by Gasteiger charge is 2.54. The highest BCUT2D eigenvalue weighted by atomic mass is 16.5. The van der Waals surface area contributed by atoms with Gasteiger partial charge in [0.2, 0.25) is 0 Å². The van der Waals surface area contributed by atoms with Gasteiger partial charge in [-0.25, -0.2) is 4.79 Å². The lowest BCUT2D eigenvalue weighted by molar-refractivity contribution is 0.00251. The normalized spacial score (nSPS) is 22.5. The van der Waals surface area contributed by atoms with Gasteiger partial charge in [0.15, 0.2) is 0 Å². The predicted octanol–water partition coefficient (Wildman–Crippen LogP) is 3.40. The summed E-state index contributed by atoms with van der Waals surface area (Å²) in [5.74, 6) is 1.64. The van der Waals surface area contributed by atoms with Gasteiger partial charge in [0, 0.05) is 62.3 Å². The van der Waals surface area contributed by atoms with Gasteiger partial charge < -0.3 is 29.5 Å². The summed E-state index contributed by atoms with van der Waals surface area (Å²) in [6.07, 6.45) is 6.32. The lowest BCUT2D eigenvalue weighted by Crippen LogP contribution is -2.68. The summed E-state index contributed by atoms with van der Waals surface area (Å²) in [6.45, 7) is 6.37. The van der Waals surface area contributed by atoms with E-state index in [4.69, 9.17) is 4.74 Å². The van der Waals surface area contributed by atoms with E-state index in [0.29, 0.717) is 13.1 Å². The van der Waals surface area contributed by atoms with Crippen LogP contribution in [-0.2, 0) is 12.5 Å². The molecule has 0 radical (unpaired) electrons. The molecule has 1 aromatic carbocycles. The lowest BCUT2D eigenvalue weighted by Gasteiger charge is -2.56. The number of aliphatic hydroxyl groups excluding tert-OH is 1. The lowest BCUT2D eigenvalue weighted by atomic mass is 9.68. The first-order chi connectivity index (χ1) is 16.0. The van der Waals surface area contributed by atoms with Crippen LogP contribution >= 0.6 is 0 Å². The zero-order chi connectivity index (χ0) is 23.2. The summed E-state index contributed by atoms with van der Waals surface area (Å²) in [6, 6.07) is 5.84. The summed E-state index contributed by atoms with van der Waals surface area (Å²) >= 11 is 0. The van der Waals surface area contributed by atoms with Gasteiger partial charge in [-0.2, -0.15) is 0 Å².